The van der Waals surface area contributed by atoms with Crippen molar-refractivity contribution in [1.29, 1.82) is 0 Å². The first-order chi connectivity index (χ1) is 13.0. The molecule has 4 aliphatic rings. The molecule has 1 aromatic carbocycles. The van der Waals surface area contributed by atoms with E-state index in [1.807, 2.05) is 6.07 Å². The molecular formula is C19H21FN4O3. The number of halogens is 1. The first-order valence-electron chi connectivity index (χ1n) is 9.49. The molecule has 2 bridgehead atoms. The van der Waals surface area contributed by atoms with Crippen LogP contribution in [0.5, 0.6) is 0 Å². The topological polar surface area (TPSA) is 81.8 Å². The summed E-state index contributed by atoms with van der Waals surface area (Å²) in [6, 6.07) is 3.34. The van der Waals surface area contributed by atoms with Crippen molar-refractivity contribution in [2.24, 2.45) is 0 Å². The summed E-state index contributed by atoms with van der Waals surface area (Å²) in [4.78, 5) is 40.0. The lowest BCUT2D eigenvalue weighted by Crippen LogP contribution is -2.52. The molecular weight excluding hydrogens is 351 g/mol. The van der Waals surface area contributed by atoms with E-state index in [2.05, 4.69) is 15.5 Å². The van der Waals surface area contributed by atoms with Crippen LogP contribution in [0.3, 0.4) is 0 Å². The predicted octanol–water partition coefficient (Wildman–Crippen LogP) is 0.527. The molecule has 0 aliphatic carbocycles. The van der Waals surface area contributed by atoms with Gasteiger partial charge in [-0.25, -0.2) is 4.39 Å². The van der Waals surface area contributed by atoms with E-state index in [1.165, 1.54) is 11.0 Å². The van der Waals surface area contributed by atoms with Crippen molar-refractivity contribution in [3.8, 4) is 0 Å². The van der Waals surface area contributed by atoms with Crippen LogP contribution in [0.15, 0.2) is 12.1 Å². The first-order valence-corrected chi connectivity index (χ1v) is 9.49. The SMILES string of the molecule is O=C1CCC(N2Cc3cc(N4C5CCC4CNC5)cc(F)c3C2=O)C(=O)N1. The lowest BCUT2D eigenvalue weighted by Gasteiger charge is -2.37. The highest BCUT2D eigenvalue weighted by Gasteiger charge is 2.42. The third-order valence-corrected chi connectivity index (χ3v) is 6.24. The number of carbonyl (C=O) groups excluding carboxylic acids is 3. The van der Waals surface area contributed by atoms with E-state index in [0.29, 0.717) is 17.6 Å². The number of nitrogens with one attached hydrogen (secondary N) is 2. The minimum absolute atomic E-state index is 0.0610. The minimum atomic E-state index is -0.721. The molecule has 8 heteroatoms. The van der Waals surface area contributed by atoms with Crippen LogP contribution in [0, 0.1) is 5.82 Å². The maximum Gasteiger partial charge on any atom is 0.258 e. The number of fused-ring (bicyclic) bond motifs is 3. The summed E-state index contributed by atoms with van der Waals surface area (Å²) in [5, 5.41) is 5.68. The molecule has 3 fully saturated rings. The van der Waals surface area contributed by atoms with Gasteiger partial charge in [-0.1, -0.05) is 0 Å². The smallest absolute Gasteiger partial charge is 0.258 e. The fourth-order valence-electron chi connectivity index (χ4n) is 4.99. The largest absolute Gasteiger partial charge is 0.363 e. The van der Waals surface area contributed by atoms with Gasteiger partial charge in [-0.3, -0.25) is 19.7 Å². The Hall–Kier alpha value is -2.48. The quantitative estimate of drug-likeness (QED) is 0.740. The predicted molar refractivity (Wildman–Crippen MR) is 94.6 cm³/mol. The molecule has 1 aromatic rings. The molecule has 3 saturated heterocycles. The van der Waals surface area contributed by atoms with Gasteiger partial charge in [0.15, 0.2) is 0 Å². The molecule has 0 radical (unpaired) electrons. The Kier molecular flexibility index (Phi) is 3.72. The van der Waals surface area contributed by atoms with Crippen molar-refractivity contribution in [1.82, 2.24) is 15.5 Å². The van der Waals surface area contributed by atoms with Gasteiger partial charge in [-0.05, 0) is 37.0 Å². The molecule has 5 rings (SSSR count). The third kappa shape index (κ3) is 2.54. The molecule has 3 amide bonds. The molecule has 3 atom stereocenters. The molecule has 4 aliphatic heterocycles. The Morgan fingerprint density at radius 1 is 1.04 bits per heavy atom. The Balaban J connectivity index is 1.46. The van der Waals surface area contributed by atoms with Gasteiger partial charge >= 0.3 is 0 Å². The van der Waals surface area contributed by atoms with Crippen LogP contribution in [0.25, 0.3) is 0 Å². The van der Waals surface area contributed by atoms with Crippen molar-refractivity contribution in [2.75, 3.05) is 18.0 Å². The zero-order valence-corrected chi connectivity index (χ0v) is 14.8. The van der Waals surface area contributed by atoms with E-state index in [4.69, 9.17) is 0 Å². The second-order valence-corrected chi connectivity index (χ2v) is 7.81. The number of piperazine rings is 1. The van der Waals surface area contributed by atoms with Crippen molar-refractivity contribution in [3.05, 3.63) is 29.1 Å². The van der Waals surface area contributed by atoms with Crippen LogP contribution >= 0.6 is 0 Å². The maximum atomic E-state index is 14.9. The van der Waals surface area contributed by atoms with Crippen molar-refractivity contribution >= 4 is 23.4 Å². The van der Waals surface area contributed by atoms with E-state index in [9.17, 15) is 18.8 Å². The molecule has 3 unspecified atom stereocenters. The number of amides is 3. The highest BCUT2D eigenvalue weighted by Crippen LogP contribution is 2.37. The van der Waals surface area contributed by atoms with Crippen LogP contribution in [0.1, 0.15) is 41.6 Å². The van der Waals surface area contributed by atoms with E-state index < -0.39 is 23.7 Å². The Labute approximate surface area is 155 Å². The fourth-order valence-corrected chi connectivity index (χ4v) is 4.99. The monoisotopic (exact) mass is 372 g/mol. The number of piperidine rings is 1. The van der Waals surface area contributed by atoms with Crippen LogP contribution < -0.4 is 15.5 Å². The van der Waals surface area contributed by atoms with E-state index in [1.54, 1.807) is 0 Å². The molecule has 0 spiro atoms. The number of hydrogen-bond donors (Lipinski definition) is 2. The average Bonchev–Trinajstić information content (AvgIpc) is 3.08. The van der Waals surface area contributed by atoms with Gasteiger partial charge in [0.2, 0.25) is 11.8 Å². The van der Waals surface area contributed by atoms with Gasteiger partial charge in [-0.2, -0.15) is 0 Å². The van der Waals surface area contributed by atoms with E-state index >= 15 is 0 Å². The van der Waals surface area contributed by atoms with Crippen LogP contribution in [0.4, 0.5) is 10.1 Å². The molecule has 7 nitrogen and oxygen atoms in total. The summed E-state index contributed by atoms with van der Waals surface area (Å²) >= 11 is 0. The van der Waals surface area contributed by atoms with Gasteiger partial charge in [0.1, 0.15) is 11.9 Å². The number of hydrogen-bond acceptors (Lipinski definition) is 5. The number of benzene rings is 1. The summed E-state index contributed by atoms with van der Waals surface area (Å²) < 4.78 is 14.9. The molecule has 0 saturated carbocycles. The lowest BCUT2D eigenvalue weighted by atomic mass is 10.0. The molecule has 2 N–H and O–H groups in total. The maximum absolute atomic E-state index is 14.9. The van der Waals surface area contributed by atoms with Gasteiger partial charge in [0.05, 0.1) is 5.56 Å². The molecule has 142 valence electrons. The van der Waals surface area contributed by atoms with Crippen LogP contribution in [0.2, 0.25) is 0 Å². The second-order valence-electron chi connectivity index (χ2n) is 7.81. The fraction of sp³-hybridized carbons (Fsp3) is 0.526. The molecule has 0 aromatic heterocycles. The summed E-state index contributed by atoms with van der Waals surface area (Å²) in [6.07, 6.45) is 2.63. The number of imide groups is 1. The zero-order valence-electron chi connectivity index (χ0n) is 14.8. The summed E-state index contributed by atoms with van der Waals surface area (Å²) in [7, 11) is 0. The normalized spacial score (nSPS) is 30.0. The number of anilines is 1. The highest BCUT2D eigenvalue weighted by atomic mass is 19.1. The van der Waals surface area contributed by atoms with Crippen molar-refractivity contribution in [2.45, 2.75) is 50.4 Å². The lowest BCUT2D eigenvalue weighted by molar-refractivity contribution is -0.136. The second kappa shape index (κ2) is 6.02. The van der Waals surface area contributed by atoms with Crippen molar-refractivity contribution < 1.29 is 18.8 Å². The van der Waals surface area contributed by atoms with Crippen LogP contribution in [-0.4, -0.2) is 53.8 Å². The van der Waals surface area contributed by atoms with E-state index in [0.717, 1.165) is 31.6 Å². The summed E-state index contributed by atoms with van der Waals surface area (Å²) in [6.45, 7) is 1.97. The number of rotatable bonds is 2. The molecule has 4 heterocycles. The Morgan fingerprint density at radius 3 is 2.48 bits per heavy atom. The standard InChI is InChI=1S/C19H21FN4O3/c20-14-6-13(24-11-1-2-12(24)8-21-7-11)5-10-9-23(19(27)17(10)14)15-3-4-16(25)22-18(15)26/h5-6,11-12,15,21H,1-4,7-9H2,(H,22,25,26). The summed E-state index contributed by atoms with van der Waals surface area (Å²) in [5.74, 6) is -1.80. The Morgan fingerprint density at radius 2 is 1.78 bits per heavy atom. The van der Waals surface area contributed by atoms with E-state index in [-0.39, 0.29) is 30.9 Å². The van der Waals surface area contributed by atoms with Crippen molar-refractivity contribution in [3.63, 3.8) is 0 Å². The average molecular weight is 372 g/mol. The third-order valence-electron chi connectivity index (χ3n) is 6.24. The minimum Gasteiger partial charge on any atom is -0.363 e. The Bertz CT molecular complexity index is 842. The van der Waals surface area contributed by atoms with Gasteiger partial charge in [0.25, 0.3) is 5.91 Å². The highest BCUT2D eigenvalue weighted by molar-refractivity contribution is 6.05. The summed E-state index contributed by atoms with van der Waals surface area (Å²) in [5.41, 5.74) is 1.50. The number of nitrogens with zero attached hydrogens (tertiary/aromatic N) is 2. The van der Waals surface area contributed by atoms with Crippen LogP contribution in [-0.2, 0) is 16.1 Å². The first kappa shape index (κ1) is 16.7. The molecule has 27 heavy (non-hydrogen) atoms. The van der Waals surface area contributed by atoms with Gasteiger partial charge in [-0.15, -0.1) is 0 Å². The number of carbonyl (C=O) groups is 3. The van der Waals surface area contributed by atoms with Gasteiger partial charge < -0.3 is 15.1 Å². The zero-order chi connectivity index (χ0) is 18.7. The van der Waals surface area contributed by atoms with Gasteiger partial charge in [0, 0.05) is 43.8 Å².